The first-order chi connectivity index (χ1) is 11.2. The summed E-state index contributed by atoms with van der Waals surface area (Å²) in [6, 6.07) is 9.72. The zero-order valence-electron chi connectivity index (χ0n) is 13.1. The van der Waals surface area contributed by atoms with Crippen LogP contribution in [-0.2, 0) is 11.2 Å². The molecule has 0 radical (unpaired) electrons. The molecule has 0 saturated carbocycles. The molecule has 124 valence electrons. The average molecular weight is 354 g/mol. The molecule has 0 unspecified atom stereocenters. The molecule has 1 aromatic carbocycles. The van der Waals surface area contributed by atoms with E-state index in [1.807, 2.05) is 37.3 Å². The summed E-state index contributed by atoms with van der Waals surface area (Å²) < 4.78 is 3.92. The van der Waals surface area contributed by atoms with Crippen LogP contribution < -0.4 is 0 Å². The van der Waals surface area contributed by atoms with Gasteiger partial charge in [-0.15, -0.1) is 0 Å². The molecule has 1 aliphatic rings. The number of nitrogens with zero attached hydrogens (tertiary/aromatic N) is 3. The molecular formula is C16H20ClN3O2S. The Morgan fingerprint density at radius 2 is 1.78 bits per heavy atom. The van der Waals surface area contributed by atoms with Gasteiger partial charge in [-0.25, -0.2) is 4.79 Å². The van der Waals surface area contributed by atoms with Crippen LogP contribution in [0.5, 0.6) is 0 Å². The van der Waals surface area contributed by atoms with Crippen LogP contribution in [0.1, 0.15) is 31.7 Å². The Bertz CT molecular complexity index is 580. The van der Waals surface area contributed by atoms with Crippen LogP contribution in [-0.4, -0.2) is 40.7 Å². The fourth-order valence-corrected chi connectivity index (χ4v) is 2.92. The molecule has 1 saturated heterocycles. The van der Waals surface area contributed by atoms with Crippen molar-refractivity contribution >= 4 is 39.6 Å². The fourth-order valence-electron chi connectivity index (χ4n) is 2.48. The Morgan fingerprint density at radius 1 is 1.09 bits per heavy atom. The summed E-state index contributed by atoms with van der Waals surface area (Å²) in [7, 11) is 5.55. The van der Waals surface area contributed by atoms with Gasteiger partial charge in [0.1, 0.15) is 0 Å². The van der Waals surface area contributed by atoms with Crippen molar-refractivity contribution in [3.8, 4) is 0 Å². The van der Waals surface area contributed by atoms with Gasteiger partial charge in [0.05, 0.1) is 11.2 Å². The van der Waals surface area contributed by atoms with Crippen molar-refractivity contribution in [3.05, 3.63) is 35.9 Å². The number of unbranched alkanes of at least 4 members (excludes halogenated alkanes) is 1. The van der Waals surface area contributed by atoms with E-state index in [2.05, 4.69) is 4.40 Å². The Morgan fingerprint density at radius 3 is 2.43 bits per heavy atom. The summed E-state index contributed by atoms with van der Waals surface area (Å²) in [5, 5.41) is 0. The fraction of sp³-hybridized carbons (Fsp3) is 0.438. The number of benzene rings is 1. The first kappa shape index (κ1) is 17.8. The normalized spacial score (nSPS) is 16.7. The van der Waals surface area contributed by atoms with Crippen molar-refractivity contribution in [1.82, 2.24) is 9.80 Å². The molecule has 7 heteroatoms. The van der Waals surface area contributed by atoms with Gasteiger partial charge in [0, 0.05) is 13.1 Å². The Hall–Kier alpha value is -1.53. The standard InChI is InChI=1S/C16H20ClN3O2S/c1-2-3-11-19-14(18-23-17)15(21)20(16(19)22)12-7-10-13-8-5-4-6-9-13/h4-6,8-9H,2-3,7,10-12H2,1H3/b18-14-. The summed E-state index contributed by atoms with van der Waals surface area (Å²) in [5.74, 6) is -0.213. The van der Waals surface area contributed by atoms with Crippen LogP contribution in [0.25, 0.3) is 0 Å². The number of urea groups is 1. The number of hydrogen-bond acceptors (Lipinski definition) is 4. The number of amidine groups is 1. The van der Waals surface area contributed by atoms with Crippen molar-refractivity contribution in [2.24, 2.45) is 4.40 Å². The van der Waals surface area contributed by atoms with E-state index in [-0.39, 0.29) is 17.8 Å². The van der Waals surface area contributed by atoms with Gasteiger partial charge in [0.25, 0.3) is 5.91 Å². The smallest absolute Gasteiger partial charge is 0.273 e. The zero-order chi connectivity index (χ0) is 16.7. The molecule has 0 aromatic heterocycles. The van der Waals surface area contributed by atoms with Crippen molar-refractivity contribution in [3.63, 3.8) is 0 Å². The third-order valence-corrected chi connectivity index (χ3v) is 4.15. The lowest BCUT2D eigenvalue weighted by molar-refractivity contribution is -0.120. The molecule has 3 amide bonds. The van der Waals surface area contributed by atoms with E-state index >= 15 is 0 Å². The quantitative estimate of drug-likeness (QED) is 0.526. The van der Waals surface area contributed by atoms with E-state index in [4.69, 9.17) is 10.7 Å². The molecule has 1 heterocycles. The van der Waals surface area contributed by atoms with Crippen molar-refractivity contribution in [1.29, 1.82) is 0 Å². The maximum atomic E-state index is 12.4. The van der Waals surface area contributed by atoms with Gasteiger partial charge in [-0.2, -0.15) is 4.40 Å². The first-order valence-electron chi connectivity index (χ1n) is 7.72. The molecule has 1 aromatic rings. The highest BCUT2D eigenvalue weighted by Crippen LogP contribution is 2.19. The molecule has 0 bridgehead atoms. The van der Waals surface area contributed by atoms with E-state index in [0.29, 0.717) is 24.3 Å². The molecule has 0 spiro atoms. The Labute approximate surface area is 145 Å². The minimum absolute atomic E-state index is 0.142. The van der Waals surface area contributed by atoms with Crippen LogP contribution >= 0.6 is 21.8 Å². The first-order valence-corrected chi connectivity index (χ1v) is 9.32. The van der Waals surface area contributed by atoms with Crippen molar-refractivity contribution < 1.29 is 9.59 Å². The monoisotopic (exact) mass is 353 g/mol. The van der Waals surface area contributed by atoms with Gasteiger partial charge < -0.3 is 0 Å². The predicted octanol–water partition coefficient (Wildman–Crippen LogP) is 3.88. The van der Waals surface area contributed by atoms with Crippen LogP contribution in [0.15, 0.2) is 34.7 Å². The van der Waals surface area contributed by atoms with E-state index in [1.165, 1.54) is 15.4 Å². The van der Waals surface area contributed by atoms with Gasteiger partial charge in [-0.1, -0.05) is 43.7 Å². The molecule has 1 fully saturated rings. The summed E-state index contributed by atoms with van der Waals surface area (Å²) in [5.41, 5.74) is 1.19. The van der Waals surface area contributed by atoms with Crippen molar-refractivity contribution in [2.75, 3.05) is 13.1 Å². The van der Waals surface area contributed by atoms with Gasteiger partial charge in [-0.05, 0) is 35.5 Å². The highest BCUT2D eigenvalue weighted by molar-refractivity contribution is 8.20. The SMILES string of the molecule is CCCCN1C(=O)N(CCCc2ccccc2)C(=O)/C1=N/SCl. The number of hydrogen-bond donors (Lipinski definition) is 0. The second-order valence-electron chi connectivity index (χ2n) is 5.32. The lowest BCUT2D eigenvalue weighted by Crippen LogP contribution is -2.34. The van der Waals surface area contributed by atoms with Gasteiger partial charge >= 0.3 is 6.03 Å². The Balaban J connectivity index is 1.99. The maximum absolute atomic E-state index is 12.4. The molecule has 1 aliphatic heterocycles. The summed E-state index contributed by atoms with van der Waals surface area (Å²) in [6.07, 6.45) is 3.31. The van der Waals surface area contributed by atoms with Crippen LogP contribution in [0, 0.1) is 0 Å². The molecular weight excluding hydrogens is 334 g/mol. The molecule has 5 nitrogen and oxygen atoms in total. The molecule has 0 N–H and O–H groups in total. The topological polar surface area (TPSA) is 53.0 Å². The lowest BCUT2D eigenvalue weighted by Gasteiger charge is -2.16. The number of carbonyl (C=O) groups is 2. The number of aryl methyl sites for hydroxylation is 1. The van der Waals surface area contributed by atoms with Gasteiger partial charge in [0.2, 0.25) is 5.84 Å². The second-order valence-corrected chi connectivity index (χ2v) is 6.05. The number of imide groups is 1. The van der Waals surface area contributed by atoms with E-state index in [0.717, 1.165) is 25.7 Å². The summed E-state index contributed by atoms with van der Waals surface area (Å²) in [4.78, 5) is 27.5. The number of rotatable bonds is 8. The highest BCUT2D eigenvalue weighted by Gasteiger charge is 2.41. The molecule has 0 atom stereocenters. The molecule has 0 aliphatic carbocycles. The largest absolute Gasteiger partial charge is 0.332 e. The van der Waals surface area contributed by atoms with E-state index < -0.39 is 0 Å². The number of amides is 3. The maximum Gasteiger partial charge on any atom is 0.332 e. The van der Waals surface area contributed by atoms with Gasteiger partial charge in [-0.3, -0.25) is 14.6 Å². The second kappa shape index (κ2) is 8.93. The lowest BCUT2D eigenvalue weighted by atomic mass is 10.1. The zero-order valence-corrected chi connectivity index (χ0v) is 14.6. The Kier molecular flexibility index (Phi) is 6.92. The number of halogens is 1. The third kappa shape index (κ3) is 4.48. The minimum Gasteiger partial charge on any atom is -0.273 e. The third-order valence-electron chi connectivity index (χ3n) is 3.70. The molecule has 2 rings (SSSR count). The highest BCUT2D eigenvalue weighted by atomic mass is 35.7. The van der Waals surface area contributed by atoms with E-state index in [9.17, 15) is 9.59 Å². The van der Waals surface area contributed by atoms with Crippen LogP contribution in [0.3, 0.4) is 0 Å². The van der Waals surface area contributed by atoms with Crippen LogP contribution in [0.2, 0.25) is 0 Å². The summed E-state index contributed by atoms with van der Waals surface area (Å²) >= 11 is 0.683. The summed E-state index contributed by atoms with van der Waals surface area (Å²) in [6.45, 7) is 2.92. The minimum atomic E-state index is -0.354. The average Bonchev–Trinajstić information content (AvgIpc) is 2.79. The van der Waals surface area contributed by atoms with Crippen LogP contribution in [0.4, 0.5) is 4.79 Å². The van der Waals surface area contributed by atoms with Gasteiger partial charge in [0.15, 0.2) is 0 Å². The molecule has 23 heavy (non-hydrogen) atoms. The number of carbonyl (C=O) groups excluding carboxylic acids is 2. The van der Waals surface area contributed by atoms with Crippen molar-refractivity contribution in [2.45, 2.75) is 32.6 Å². The predicted molar refractivity (Wildman–Crippen MR) is 94.4 cm³/mol. The van der Waals surface area contributed by atoms with E-state index in [1.54, 1.807) is 0 Å².